The van der Waals surface area contributed by atoms with Crippen LogP contribution in [0.4, 0.5) is 11.6 Å². The van der Waals surface area contributed by atoms with Gasteiger partial charge in [-0.25, -0.2) is 9.97 Å². The van der Waals surface area contributed by atoms with Crippen LogP contribution in [0.5, 0.6) is 5.75 Å². The lowest BCUT2D eigenvalue weighted by Crippen LogP contribution is -2.48. The Kier molecular flexibility index (Phi) is 7.02. The molecule has 2 heterocycles. The van der Waals surface area contributed by atoms with Crippen molar-refractivity contribution in [2.24, 2.45) is 0 Å². The summed E-state index contributed by atoms with van der Waals surface area (Å²) in [5, 5.41) is 3.11. The number of piperazine rings is 1. The number of rotatable bonds is 8. The number of para-hydroxylation sites is 2. The molecule has 1 N–H and O–H groups in total. The van der Waals surface area contributed by atoms with E-state index in [1.54, 1.807) is 26.6 Å². The van der Waals surface area contributed by atoms with Crippen molar-refractivity contribution in [3.8, 4) is 5.75 Å². The molecule has 0 spiro atoms. The second-order valence-electron chi connectivity index (χ2n) is 6.52. The molecule has 1 saturated heterocycles. The molecule has 2 aromatic rings. The first-order valence-electron chi connectivity index (χ1n) is 9.45. The summed E-state index contributed by atoms with van der Waals surface area (Å²) in [4.78, 5) is 25.3. The minimum Gasteiger partial charge on any atom is -0.495 e. The number of aromatic nitrogens is 2. The lowest BCUT2D eigenvalue weighted by atomic mass is 10.2. The van der Waals surface area contributed by atoms with Crippen LogP contribution in [0, 0.1) is 0 Å². The number of benzene rings is 1. The standard InChI is InChI=1S/C20H27N5O3/c1-27-13-5-8-21-20-22-14-16(15-23-20)19(26)25-11-9-24(10-12-25)17-6-3-4-7-18(17)28-2/h3-4,6-7,14-15H,5,8-13H2,1-2H3,(H,21,22,23). The lowest BCUT2D eigenvalue weighted by Gasteiger charge is -2.36. The van der Waals surface area contributed by atoms with Gasteiger partial charge in [-0.15, -0.1) is 0 Å². The largest absolute Gasteiger partial charge is 0.495 e. The molecule has 0 atom stereocenters. The highest BCUT2D eigenvalue weighted by Gasteiger charge is 2.24. The molecular formula is C20H27N5O3. The molecule has 150 valence electrons. The van der Waals surface area contributed by atoms with Gasteiger partial charge in [-0.1, -0.05) is 12.1 Å². The average molecular weight is 385 g/mol. The number of amides is 1. The predicted molar refractivity (Wildman–Crippen MR) is 108 cm³/mol. The van der Waals surface area contributed by atoms with Gasteiger partial charge in [-0.3, -0.25) is 4.79 Å². The van der Waals surface area contributed by atoms with E-state index in [0.29, 0.717) is 31.2 Å². The molecule has 8 heteroatoms. The number of carbonyl (C=O) groups excluding carboxylic acids is 1. The summed E-state index contributed by atoms with van der Waals surface area (Å²) in [6.07, 6.45) is 4.04. The van der Waals surface area contributed by atoms with E-state index in [4.69, 9.17) is 9.47 Å². The van der Waals surface area contributed by atoms with Crippen molar-refractivity contribution in [3.63, 3.8) is 0 Å². The number of nitrogens with one attached hydrogen (secondary N) is 1. The normalized spacial score (nSPS) is 14.1. The molecule has 0 unspecified atom stereocenters. The Morgan fingerprint density at radius 2 is 1.82 bits per heavy atom. The maximum Gasteiger partial charge on any atom is 0.257 e. The molecule has 1 amide bonds. The topological polar surface area (TPSA) is 79.8 Å². The number of methoxy groups -OCH3 is 2. The highest BCUT2D eigenvalue weighted by molar-refractivity contribution is 5.93. The Hall–Kier alpha value is -2.87. The average Bonchev–Trinajstić information content (AvgIpc) is 2.77. The van der Waals surface area contributed by atoms with Gasteiger partial charge >= 0.3 is 0 Å². The fraction of sp³-hybridized carbons (Fsp3) is 0.450. The first-order valence-corrected chi connectivity index (χ1v) is 9.45. The zero-order valence-corrected chi connectivity index (χ0v) is 16.4. The van der Waals surface area contributed by atoms with Crippen LogP contribution in [0.1, 0.15) is 16.8 Å². The Morgan fingerprint density at radius 3 is 2.50 bits per heavy atom. The first kappa shape index (κ1) is 19.9. The smallest absolute Gasteiger partial charge is 0.257 e. The molecule has 1 aromatic heterocycles. The highest BCUT2D eigenvalue weighted by atomic mass is 16.5. The van der Waals surface area contributed by atoms with Crippen molar-refractivity contribution in [2.75, 3.05) is 63.8 Å². The fourth-order valence-corrected chi connectivity index (χ4v) is 3.17. The molecule has 0 aliphatic carbocycles. The van der Waals surface area contributed by atoms with E-state index in [2.05, 4.69) is 20.2 Å². The first-order chi connectivity index (χ1) is 13.7. The third-order valence-corrected chi connectivity index (χ3v) is 4.70. The maximum atomic E-state index is 12.7. The van der Waals surface area contributed by atoms with E-state index in [9.17, 15) is 4.79 Å². The molecule has 0 bridgehead atoms. The summed E-state index contributed by atoms with van der Waals surface area (Å²) >= 11 is 0. The zero-order valence-electron chi connectivity index (χ0n) is 16.4. The Morgan fingerprint density at radius 1 is 1.11 bits per heavy atom. The minimum absolute atomic E-state index is 0.0365. The molecule has 1 aromatic carbocycles. The van der Waals surface area contributed by atoms with Crippen molar-refractivity contribution >= 4 is 17.5 Å². The number of ether oxygens (including phenoxy) is 2. The molecule has 3 rings (SSSR count). The molecule has 1 fully saturated rings. The monoisotopic (exact) mass is 385 g/mol. The van der Waals surface area contributed by atoms with Gasteiger partial charge in [0.25, 0.3) is 5.91 Å². The second kappa shape index (κ2) is 9.89. The molecule has 0 saturated carbocycles. The molecule has 0 radical (unpaired) electrons. The SMILES string of the molecule is COCCCNc1ncc(C(=O)N2CCN(c3ccccc3OC)CC2)cn1. The fourth-order valence-electron chi connectivity index (χ4n) is 3.17. The Labute approximate surface area is 165 Å². The number of hydrogen-bond acceptors (Lipinski definition) is 7. The number of nitrogens with zero attached hydrogens (tertiary/aromatic N) is 4. The maximum absolute atomic E-state index is 12.7. The lowest BCUT2D eigenvalue weighted by molar-refractivity contribution is 0.0746. The van der Waals surface area contributed by atoms with Crippen molar-refractivity contribution in [2.45, 2.75) is 6.42 Å². The van der Waals surface area contributed by atoms with E-state index < -0.39 is 0 Å². The van der Waals surface area contributed by atoms with Crippen LogP contribution >= 0.6 is 0 Å². The number of carbonyl (C=O) groups is 1. The molecule has 28 heavy (non-hydrogen) atoms. The van der Waals surface area contributed by atoms with Crippen molar-refractivity contribution in [3.05, 3.63) is 42.2 Å². The van der Waals surface area contributed by atoms with Gasteiger partial charge in [0.2, 0.25) is 5.95 Å². The second-order valence-corrected chi connectivity index (χ2v) is 6.52. The van der Waals surface area contributed by atoms with Crippen molar-refractivity contribution < 1.29 is 14.3 Å². The van der Waals surface area contributed by atoms with E-state index in [0.717, 1.165) is 37.5 Å². The minimum atomic E-state index is -0.0365. The van der Waals surface area contributed by atoms with Crippen molar-refractivity contribution in [1.29, 1.82) is 0 Å². The Balaban J connectivity index is 1.53. The van der Waals surface area contributed by atoms with E-state index >= 15 is 0 Å². The van der Waals surface area contributed by atoms with E-state index in [-0.39, 0.29) is 5.91 Å². The van der Waals surface area contributed by atoms with Gasteiger partial charge < -0.3 is 24.6 Å². The summed E-state index contributed by atoms with van der Waals surface area (Å²) in [5.74, 6) is 1.34. The summed E-state index contributed by atoms with van der Waals surface area (Å²) in [6, 6.07) is 7.95. The van der Waals surface area contributed by atoms with Crippen LogP contribution in [0.2, 0.25) is 0 Å². The van der Waals surface area contributed by atoms with Gasteiger partial charge in [-0.2, -0.15) is 0 Å². The summed E-state index contributed by atoms with van der Waals surface area (Å²) in [7, 11) is 3.35. The van der Waals surface area contributed by atoms with Gasteiger partial charge in [-0.05, 0) is 18.6 Å². The molecular weight excluding hydrogens is 358 g/mol. The number of hydrogen-bond donors (Lipinski definition) is 1. The zero-order chi connectivity index (χ0) is 19.8. The summed E-state index contributed by atoms with van der Waals surface area (Å²) < 4.78 is 10.4. The third kappa shape index (κ3) is 4.89. The van der Waals surface area contributed by atoms with Crippen LogP contribution in [0.3, 0.4) is 0 Å². The highest BCUT2D eigenvalue weighted by Crippen LogP contribution is 2.28. The quantitative estimate of drug-likeness (QED) is 0.695. The summed E-state index contributed by atoms with van der Waals surface area (Å²) in [5.41, 5.74) is 1.57. The van der Waals surface area contributed by atoms with Crippen LogP contribution in [-0.4, -0.2) is 74.3 Å². The summed E-state index contributed by atoms with van der Waals surface area (Å²) in [6.45, 7) is 4.22. The Bertz CT molecular complexity index is 761. The third-order valence-electron chi connectivity index (χ3n) is 4.70. The van der Waals surface area contributed by atoms with Gasteiger partial charge in [0.05, 0.1) is 18.4 Å². The predicted octanol–water partition coefficient (Wildman–Crippen LogP) is 1.90. The van der Waals surface area contributed by atoms with Crippen molar-refractivity contribution in [1.82, 2.24) is 14.9 Å². The van der Waals surface area contributed by atoms with Gasteiger partial charge in [0.15, 0.2) is 0 Å². The van der Waals surface area contributed by atoms with E-state index in [1.807, 2.05) is 29.2 Å². The van der Waals surface area contributed by atoms with E-state index in [1.165, 1.54) is 0 Å². The van der Waals surface area contributed by atoms with Gasteiger partial charge in [0.1, 0.15) is 5.75 Å². The van der Waals surface area contributed by atoms with Crippen LogP contribution in [-0.2, 0) is 4.74 Å². The molecule has 8 nitrogen and oxygen atoms in total. The van der Waals surface area contributed by atoms with Crippen LogP contribution < -0.4 is 15.0 Å². The van der Waals surface area contributed by atoms with Crippen LogP contribution in [0.15, 0.2) is 36.7 Å². The van der Waals surface area contributed by atoms with Crippen LogP contribution in [0.25, 0.3) is 0 Å². The van der Waals surface area contributed by atoms with Gasteiger partial charge in [0, 0.05) is 58.8 Å². The molecule has 1 aliphatic heterocycles. The number of anilines is 2. The molecule has 1 aliphatic rings.